The van der Waals surface area contributed by atoms with E-state index < -0.39 is 0 Å². The molecule has 1 aliphatic heterocycles. The minimum atomic E-state index is 0.444. The van der Waals surface area contributed by atoms with Gasteiger partial charge in [-0.1, -0.05) is 0 Å². The Hall–Kier alpha value is -0.920. The average Bonchev–Trinajstić information content (AvgIpc) is 2.39. The van der Waals surface area contributed by atoms with Crippen molar-refractivity contribution in [2.24, 2.45) is 5.84 Å². The summed E-state index contributed by atoms with van der Waals surface area (Å²) < 4.78 is 0.902. The second-order valence-corrected chi connectivity index (χ2v) is 5.48. The second-order valence-electron chi connectivity index (χ2n) is 4.63. The molecule has 6 nitrogen and oxygen atoms in total. The highest BCUT2D eigenvalue weighted by Gasteiger charge is 2.21. The van der Waals surface area contributed by atoms with Crippen molar-refractivity contribution < 1.29 is 0 Å². The summed E-state index contributed by atoms with van der Waals surface area (Å²) in [5.74, 6) is 6.69. The predicted octanol–water partition coefficient (Wildman–Crippen LogP) is 1.06. The molecule has 1 aromatic rings. The summed E-state index contributed by atoms with van der Waals surface area (Å²) in [6.07, 6.45) is 1.73. The van der Waals surface area contributed by atoms with E-state index in [2.05, 4.69) is 55.0 Å². The number of anilines is 2. The first-order chi connectivity index (χ1) is 8.61. The van der Waals surface area contributed by atoms with E-state index in [0.717, 1.165) is 36.5 Å². The summed E-state index contributed by atoms with van der Waals surface area (Å²) in [5, 5.41) is 0. The molecule has 18 heavy (non-hydrogen) atoms. The Morgan fingerprint density at radius 1 is 1.33 bits per heavy atom. The number of nitrogens with one attached hydrogen (secondary N) is 1. The highest BCUT2D eigenvalue weighted by atomic mass is 79.9. The van der Waals surface area contributed by atoms with Gasteiger partial charge in [0, 0.05) is 38.4 Å². The Bertz CT molecular complexity index is 403. The van der Waals surface area contributed by atoms with Crippen LogP contribution in [0.2, 0.25) is 0 Å². The van der Waals surface area contributed by atoms with Crippen LogP contribution in [-0.4, -0.2) is 47.1 Å². The molecule has 0 saturated carbocycles. The van der Waals surface area contributed by atoms with Gasteiger partial charge in [0.05, 0.1) is 4.47 Å². The number of halogens is 1. The number of nitrogen functional groups attached to an aromatic ring is 1. The van der Waals surface area contributed by atoms with Gasteiger partial charge in [0.2, 0.25) is 5.95 Å². The van der Waals surface area contributed by atoms with Crippen LogP contribution in [0.1, 0.15) is 13.8 Å². The quantitative estimate of drug-likeness (QED) is 0.642. The van der Waals surface area contributed by atoms with Gasteiger partial charge in [-0.25, -0.2) is 10.8 Å². The number of hydrazine groups is 1. The first-order valence-electron chi connectivity index (χ1n) is 6.10. The largest absolute Gasteiger partial charge is 0.353 e. The number of nitrogens with zero attached hydrogens (tertiary/aromatic N) is 4. The van der Waals surface area contributed by atoms with Crippen molar-refractivity contribution >= 4 is 27.7 Å². The van der Waals surface area contributed by atoms with Gasteiger partial charge in [-0.2, -0.15) is 4.98 Å². The molecule has 0 amide bonds. The predicted molar refractivity (Wildman–Crippen MR) is 76.5 cm³/mol. The van der Waals surface area contributed by atoms with Crippen LogP contribution in [-0.2, 0) is 0 Å². The molecule has 1 fully saturated rings. The van der Waals surface area contributed by atoms with E-state index in [4.69, 9.17) is 5.84 Å². The van der Waals surface area contributed by atoms with E-state index in [1.165, 1.54) is 0 Å². The summed E-state index contributed by atoms with van der Waals surface area (Å²) in [4.78, 5) is 13.2. The van der Waals surface area contributed by atoms with Gasteiger partial charge in [0.15, 0.2) is 0 Å². The van der Waals surface area contributed by atoms with Gasteiger partial charge in [0.1, 0.15) is 5.82 Å². The maximum absolute atomic E-state index is 5.34. The standard InChI is InChI=1S/C11H19BrN6/c1-8(2)17-3-5-18(6-4-17)10-9(12)7-14-11(15-10)16-13/h7-8H,3-6,13H2,1-2H3,(H,14,15,16). The van der Waals surface area contributed by atoms with Crippen LogP contribution >= 0.6 is 15.9 Å². The summed E-state index contributed by atoms with van der Waals surface area (Å²) in [6, 6.07) is 0.599. The first kappa shape index (κ1) is 13.5. The molecule has 1 aromatic heterocycles. The van der Waals surface area contributed by atoms with Crippen molar-refractivity contribution in [3.05, 3.63) is 10.7 Å². The molecular formula is C11H19BrN6. The van der Waals surface area contributed by atoms with Crippen molar-refractivity contribution in [2.45, 2.75) is 19.9 Å². The third kappa shape index (κ3) is 2.90. The smallest absolute Gasteiger partial charge is 0.239 e. The zero-order chi connectivity index (χ0) is 13.1. The van der Waals surface area contributed by atoms with Crippen LogP contribution in [0.3, 0.4) is 0 Å². The topological polar surface area (TPSA) is 70.3 Å². The van der Waals surface area contributed by atoms with Crippen molar-refractivity contribution in [1.82, 2.24) is 14.9 Å². The number of hydrogen-bond acceptors (Lipinski definition) is 6. The van der Waals surface area contributed by atoms with Gasteiger partial charge in [-0.15, -0.1) is 0 Å². The van der Waals surface area contributed by atoms with Gasteiger partial charge in [-0.05, 0) is 29.8 Å². The molecule has 0 unspecified atom stereocenters. The number of piperazine rings is 1. The van der Waals surface area contributed by atoms with Crippen molar-refractivity contribution in [3.63, 3.8) is 0 Å². The van der Waals surface area contributed by atoms with Crippen molar-refractivity contribution in [2.75, 3.05) is 36.5 Å². The summed E-state index contributed by atoms with van der Waals surface area (Å²) in [6.45, 7) is 8.51. The lowest BCUT2D eigenvalue weighted by molar-refractivity contribution is 0.209. The molecule has 7 heteroatoms. The Morgan fingerprint density at radius 2 is 2.00 bits per heavy atom. The normalized spacial score (nSPS) is 17.3. The van der Waals surface area contributed by atoms with Gasteiger partial charge in [-0.3, -0.25) is 10.3 Å². The Kier molecular flexibility index (Phi) is 4.36. The maximum Gasteiger partial charge on any atom is 0.239 e. The Balaban J connectivity index is 2.09. The van der Waals surface area contributed by atoms with E-state index in [9.17, 15) is 0 Å². The van der Waals surface area contributed by atoms with Crippen molar-refractivity contribution in [1.29, 1.82) is 0 Å². The molecule has 2 rings (SSSR count). The van der Waals surface area contributed by atoms with Crippen LogP contribution in [0.15, 0.2) is 10.7 Å². The van der Waals surface area contributed by atoms with E-state index in [-0.39, 0.29) is 0 Å². The van der Waals surface area contributed by atoms with Gasteiger partial charge < -0.3 is 4.90 Å². The number of hydrogen-bond donors (Lipinski definition) is 2. The number of aromatic nitrogens is 2. The lowest BCUT2D eigenvalue weighted by atomic mass is 10.2. The van der Waals surface area contributed by atoms with E-state index >= 15 is 0 Å². The third-order valence-corrected chi connectivity index (χ3v) is 3.76. The minimum absolute atomic E-state index is 0.444. The van der Waals surface area contributed by atoms with Crippen LogP contribution in [0, 0.1) is 0 Å². The fourth-order valence-corrected chi connectivity index (χ4v) is 2.54. The molecule has 3 N–H and O–H groups in total. The third-order valence-electron chi connectivity index (χ3n) is 3.20. The summed E-state index contributed by atoms with van der Waals surface area (Å²) in [5.41, 5.74) is 2.48. The molecule has 0 radical (unpaired) electrons. The highest BCUT2D eigenvalue weighted by molar-refractivity contribution is 9.10. The van der Waals surface area contributed by atoms with Crippen LogP contribution in [0.25, 0.3) is 0 Å². The van der Waals surface area contributed by atoms with Gasteiger partial charge >= 0.3 is 0 Å². The SMILES string of the molecule is CC(C)N1CCN(c2nc(NN)ncc2Br)CC1. The lowest BCUT2D eigenvalue weighted by Gasteiger charge is -2.37. The molecule has 2 heterocycles. The van der Waals surface area contributed by atoms with Crippen molar-refractivity contribution in [3.8, 4) is 0 Å². The second kappa shape index (κ2) is 5.81. The molecule has 0 spiro atoms. The molecule has 0 atom stereocenters. The molecule has 1 aliphatic rings. The Morgan fingerprint density at radius 3 is 2.56 bits per heavy atom. The Labute approximate surface area is 116 Å². The fraction of sp³-hybridized carbons (Fsp3) is 0.636. The number of rotatable bonds is 3. The maximum atomic E-state index is 5.34. The van der Waals surface area contributed by atoms with E-state index in [1.54, 1.807) is 6.20 Å². The molecule has 1 saturated heterocycles. The monoisotopic (exact) mass is 314 g/mol. The van der Waals surface area contributed by atoms with Crippen LogP contribution in [0.5, 0.6) is 0 Å². The molecule has 100 valence electrons. The van der Waals surface area contributed by atoms with E-state index in [1.807, 2.05) is 0 Å². The minimum Gasteiger partial charge on any atom is -0.353 e. The zero-order valence-electron chi connectivity index (χ0n) is 10.7. The fourth-order valence-electron chi connectivity index (χ4n) is 2.10. The molecule has 0 bridgehead atoms. The molecule has 0 aliphatic carbocycles. The van der Waals surface area contributed by atoms with Gasteiger partial charge in [0.25, 0.3) is 0 Å². The summed E-state index contributed by atoms with van der Waals surface area (Å²) in [7, 11) is 0. The molecule has 0 aromatic carbocycles. The first-order valence-corrected chi connectivity index (χ1v) is 6.89. The average molecular weight is 315 g/mol. The molecular weight excluding hydrogens is 296 g/mol. The summed E-state index contributed by atoms with van der Waals surface area (Å²) >= 11 is 3.49. The number of nitrogens with two attached hydrogens (primary N) is 1. The van der Waals surface area contributed by atoms with Crippen LogP contribution < -0.4 is 16.2 Å². The van der Waals surface area contributed by atoms with Crippen LogP contribution in [0.4, 0.5) is 11.8 Å². The lowest BCUT2D eigenvalue weighted by Crippen LogP contribution is -2.49. The zero-order valence-corrected chi connectivity index (χ0v) is 12.3. The highest BCUT2D eigenvalue weighted by Crippen LogP contribution is 2.25. The van der Waals surface area contributed by atoms with E-state index in [0.29, 0.717) is 12.0 Å².